The smallest absolute Gasteiger partial charge is 0.333 e. The molecular formula is C27H29F2N3O7S. The Balaban J connectivity index is 1.97. The molecule has 1 atom stereocenters. The lowest BCUT2D eigenvalue weighted by Gasteiger charge is -2.30. The molecule has 0 bridgehead atoms. The number of carbonyl (C=O) groups is 1. The number of nitriles is 1. The molecule has 1 N–H and O–H groups in total. The molecule has 3 aromatic rings. The summed E-state index contributed by atoms with van der Waals surface area (Å²) in [5.74, 6) is -1.87. The van der Waals surface area contributed by atoms with Crippen molar-refractivity contribution < 1.29 is 32.9 Å². The molecule has 10 nitrogen and oxygen atoms in total. The van der Waals surface area contributed by atoms with Gasteiger partial charge in [0, 0.05) is 18.8 Å². The molecule has 40 heavy (non-hydrogen) atoms. The normalized spacial score (nSPS) is 15.2. The van der Waals surface area contributed by atoms with Gasteiger partial charge in [-0.3, -0.25) is 9.36 Å². The second-order valence-corrected chi connectivity index (χ2v) is 10.9. The maximum absolute atomic E-state index is 14.5. The predicted octanol–water partition coefficient (Wildman–Crippen LogP) is 3.65. The Morgan fingerprint density at radius 2 is 2.02 bits per heavy atom. The summed E-state index contributed by atoms with van der Waals surface area (Å²) in [5, 5.41) is 19.6. The van der Waals surface area contributed by atoms with Crippen LogP contribution in [0, 0.1) is 24.1 Å². The third-order valence-corrected chi connectivity index (χ3v) is 8.14. The number of hydrogen-bond acceptors (Lipinski definition) is 8. The molecule has 4 rings (SSSR count). The monoisotopic (exact) mass is 577 g/mol. The molecule has 2 aromatic heterocycles. The second-order valence-electron chi connectivity index (χ2n) is 9.90. The van der Waals surface area contributed by atoms with Gasteiger partial charge in [-0.2, -0.15) is 5.26 Å². The molecule has 1 aromatic carbocycles. The largest absolute Gasteiger partial charge is 0.490 e. The first-order valence-corrected chi connectivity index (χ1v) is 13.5. The number of thiophene rings is 1. The summed E-state index contributed by atoms with van der Waals surface area (Å²) in [6.07, 6.45) is -0.303. The molecule has 214 valence electrons. The highest BCUT2D eigenvalue weighted by Gasteiger charge is 2.36. The summed E-state index contributed by atoms with van der Waals surface area (Å²) in [7, 11) is 0. The van der Waals surface area contributed by atoms with Crippen molar-refractivity contribution >= 4 is 27.5 Å². The first-order valence-electron chi connectivity index (χ1n) is 12.7. The zero-order valence-corrected chi connectivity index (χ0v) is 23.1. The van der Waals surface area contributed by atoms with E-state index in [1.165, 1.54) is 30.5 Å². The van der Waals surface area contributed by atoms with Crippen molar-refractivity contribution in [3.63, 3.8) is 0 Å². The van der Waals surface area contributed by atoms with Gasteiger partial charge in [0.25, 0.3) is 5.56 Å². The number of nitrogens with zero attached hydrogens (tertiary/aromatic N) is 3. The van der Waals surface area contributed by atoms with Gasteiger partial charge in [-0.15, -0.1) is 11.3 Å². The van der Waals surface area contributed by atoms with Crippen LogP contribution in [-0.2, 0) is 26.4 Å². The van der Waals surface area contributed by atoms with E-state index in [1.54, 1.807) is 6.92 Å². The van der Waals surface area contributed by atoms with Crippen molar-refractivity contribution in [2.75, 3.05) is 26.5 Å². The van der Waals surface area contributed by atoms with E-state index < -0.39 is 41.4 Å². The number of carboxylic acids is 1. The summed E-state index contributed by atoms with van der Waals surface area (Å²) in [6.45, 7) is 3.52. The molecule has 0 radical (unpaired) electrons. The number of alkyl halides is 1. The maximum Gasteiger partial charge on any atom is 0.333 e. The van der Waals surface area contributed by atoms with Crippen LogP contribution >= 0.6 is 11.3 Å². The first-order chi connectivity index (χ1) is 19.0. The Hall–Kier alpha value is -3.60. The van der Waals surface area contributed by atoms with E-state index in [2.05, 4.69) is 0 Å². The fourth-order valence-corrected chi connectivity index (χ4v) is 5.78. The van der Waals surface area contributed by atoms with Gasteiger partial charge >= 0.3 is 11.7 Å². The number of hydrogen-bond donors (Lipinski definition) is 1. The van der Waals surface area contributed by atoms with Crippen molar-refractivity contribution in [3.8, 4) is 11.8 Å². The Morgan fingerprint density at radius 1 is 1.32 bits per heavy atom. The average molecular weight is 578 g/mol. The van der Waals surface area contributed by atoms with Gasteiger partial charge in [0.15, 0.2) is 0 Å². The lowest BCUT2D eigenvalue weighted by Crippen LogP contribution is -2.52. The van der Waals surface area contributed by atoms with Crippen molar-refractivity contribution in [1.82, 2.24) is 9.13 Å². The Labute approximate surface area is 231 Å². The standard InChI is InChI=1S/C27H29F2N3O7S/c1-15-21(13-30)40-24-22(15)23(33)32(27(2,3)25(34)35)26(36)31(24)14-20(39-17-6-9-37-10-7-17)18-12-16(29)4-5-19(18)38-11-8-28/h4-5,12,17,20H,6-11,14H2,1-3H3,(H,34,35). The number of aromatic nitrogens is 2. The van der Waals surface area contributed by atoms with Crippen LogP contribution in [0.2, 0.25) is 0 Å². The Kier molecular flexibility index (Phi) is 8.72. The Morgan fingerprint density at radius 3 is 2.65 bits per heavy atom. The number of aryl methyl sites for hydroxylation is 1. The highest BCUT2D eigenvalue weighted by atomic mass is 32.1. The topological polar surface area (TPSA) is 133 Å². The van der Waals surface area contributed by atoms with Crippen LogP contribution in [0.15, 0.2) is 27.8 Å². The van der Waals surface area contributed by atoms with Gasteiger partial charge in [-0.05, 0) is 57.4 Å². The van der Waals surface area contributed by atoms with E-state index in [4.69, 9.17) is 14.2 Å². The van der Waals surface area contributed by atoms with Crippen molar-refractivity contribution in [2.45, 2.75) is 57.9 Å². The van der Waals surface area contributed by atoms with Crippen molar-refractivity contribution in [1.29, 1.82) is 5.26 Å². The van der Waals surface area contributed by atoms with Gasteiger partial charge < -0.3 is 19.3 Å². The third kappa shape index (κ3) is 5.52. The predicted molar refractivity (Wildman–Crippen MR) is 142 cm³/mol. The lowest BCUT2D eigenvalue weighted by molar-refractivity contribution is -0.146. The SMILES string of the molecule is Cc1c(C#N)sc2c1c(=O)n(C(C)(C)C(=O)O)c(=O)n2CC(OC1CCOCC1)c1cc(F)ccc1OCCF. The van der Waals surface area contributed by atoms with Gasteiger partial charge in [-0.25, -0.2) is 22.9 Å². The first kappa shape index (κ1) is 29.4. The zero-order chi connectivity index (χ0) is 29.2. The molecule has 1 saturated heterocycles. The number of fused-ring (bicyclic) bond motifs is 1. The minimum atomic E-state index is -1.93. The summed E-state index contributed by atoms with van der Waals surface area (Å²) in [4.78, 5) is 39.9. The van der Waals surface area contributed by atoms with E-state index >= 15 is 0 Å². The second kappa shape index (κ2) is 11.9. The van der Waals surface area contributed by atoms with E-state index in [0.29, 0.717) is 36.2 Å². The van der Waals surface area contributed by atoms with Crippen LogP contribution < -0.4 is 16.0 Å². The summed E-state index contributed by atoms with van der Waals surface area (Å²) in [6, 6.07) is 5.70. The van der Waals surface area contributed by atoms with E-state index in [-0.39, 0.29) is 45.7 Å². The molecule has 0 aliphatic carbocycles. The molecular weight excluding hydrogens is 548 g/mol. The average Bonchev–Trinajstić information content (AvgIpc) is 3.26. The summed E-state index contributed by atoms with van der Waals surface area (Å²) < 4.78 is 46.7. The molecule has 0 amide bonds. The van der Waals surface area contributed by atoms with Gasteiger partial charge in [0.2, 0.25) is 0 Å². The van der Waals surface area contributed by atoms with Crippen molar-refractivity contribution in [2.24, 2.45) is 0 Å². The molecule has 13 heteroatoms. The molecule has 1 aliphatic heterocycles. The van der Waals surface area contributed by atoms with Gasteiger partial charge in [-0.1, -0.05) is 0 Å². The molecule has 0 saturated carbocycles. The number of carboxylic acid groups (broad SMARTS) is 1. The zero-order valence-electron chi connectivity index (χ0n) is 22.2. The van der Waals surface area contributed by atoms with Gasteiger partial charge in [0.05, 0.1) is 18.0 Å². The molecule has 0 spiro atoms. The van der Waals surface area contributed by atoms with Crippen LogP contribution in [-0.4, -0.2) is 52.8 Å². The number of aliphatic carboxylic acids is 1. The highest BCUT2D eigenvalue weighted by molar-refractivity contribution is 7.19. The number of rotatable bonds is 10. The minimum absolute atomic E-state index is 0.0356. The fraction of sp³-hybridized carbons (Fsp3) is 0.481. The molecule has 3 heterocycles. The van der Waals surface area contributed by atoms with Crippen molar-refractivity contribution in [3.05, 3.63) is 60.9 Å². The third-order valence-electron chi connectivity index (χ3n) is 6.92. The van der Waals surface area contributed by atoms with E-state index in [9.17, 15) is 33.5 Å². The van der Waals surface area contributed by atoms with Gasteiger partial charge in [0.1, 0.15) is 52.3 Å². The molecule has 1 unspecified atom stereocenters. The number of benzene rings is 1. The van der Waals surface area contributed by atoms with Crippen LogP contribution in [0.4, 0.5) is 8.78 Å². The molecule has 1 aliphatic rings. The lowest BCUT2D eigenvalue weighted by atomic mass is 10.0. The van der Waals surface area contributed by atoms with Crippen LogP contribution in [0.25, 0.3) is 10.2 Å². The Bertz CT molecular complexity index is 1580. The van der Waals surface area contributed by atoms with E-state index in [0.717, 1.165) is 17.4 Å². The van der Waals surface area contributed by atoms with Crippen LogP contribution in [0.1, 0.15) is 48.8 Å². The summed E-state index contributed by atoms with van der Waals surface area (Å²) >= 11 is 0.922. The highest BCUT2D eigenvalue weighted by Crippen LogP contribution is 2.35. The van der Waals surface area contributed by atoms with Crippen LogP contribution in [0.3, 0.4) is 0 Å². The fourth-order valence-electron chi connectivity index (χ4n) is 4.68. The number of halogens is 2. The quantitative estimate of drug-likeness (QED) is 0.386. The van der Waals surface area contributed by atoms with E-state index in [1.807, 2.05) is 6.07 Å². The van der Waals surface area contributed by atoms with Crippen LogP contribution in [0.5, 0.6) is 5.75 Å². The number of ether oxygens (including phenoxy) is 3. The molecule has 1 fully saturated rings. The summed E-state index contributed by atoms with van der Waals surface area (Å²) in [5.41, 5.74) is -3.17. The maximum atomic E-state index is 14.5. The minimum Gasteiger partial charge on any atom is -0.490 e.